The van der Waals surface area contributed by atoms with Crippen molar-refractivity contribution in [2.24, 2.45) is 0 Å². The van der Waals surface area contributed by atoms with Crippen molar-refractivity contribution in [3.63, 3.8) is 0 Å². The predicted octanol–water partition coefficient (Wildman–Crippen LogP) is 3.04. The van der Waals surface area contributed by atoms with E-state index in [1.54, 1.807) is 24.3 Å². The largest absolute Gasteiger partial charge is 0.491 e. The van der Waals surface area contributed by atoms with Gasteiger partial charge in [-0.1, -0.05) is 17.7 Å². The second-order valence-corrected chi connectivity index (χ2v) is 7.84. The maximum atomic E-state index is 12.2. The van der Waals surface area contributed by atoms with Crippen LogP contribution in [0.15, 0.2) is 42.5 Å². The van der Waals surface area contributed by atoms with Crippen LogP contribution in [0.3, 0.4) is 0 Å². The number of ether oxygens (including phenoxy) is 2. The van der Waals surface area contributed by atoms with E-state index < -0.39 is 11.8 Å². The van der Waals surface area contributed by atoms with Gasteiger partial charge in [0.25, 0.3) is 5.91 Å². The zero-order valence-electron chi connectivity index (χ0n) is 18.4. The maximum Gasteiger partial charge on any atom is 0.269 e. The minimum absolute atomic E-state index is 0.00572. The molecule has 0 saturated carbocycles. The standard InChI is InChI=1S/C24H29N3O5/c1-16-5-10-21(17(2)14-16)25-22(28)11-12-23(29)26-27-24(30)18-6-8-19(9-7-18)32-15-20-4-3-13-31-20/h5-10,14,20H,3-4,11-13,15H2,1-2H3,(H,25,28)(H,26,29)(H,27,30). The van der Waals surface area contributed by atoms with Gasteiger partial charge in [-0.2, -0.15) is 0 Å². The van der Waals surface area contributed by atoms with Crippen LogP contribution in [0.25, 0.3) is 0 Å². The molecule has 1 aliphatic heterocycles. The molecule has 3 N–H and O–H groups in total. The van der Waals surface area contributed by atoms with E-state index >= 15 is 0 Å². The van der Waals surface area contributed by atoms with Crippen LogP contribution in [0, 0.1) is 13.8 Å². The van der Waals surface area contributed by atoms with Crippen LogP contribution < -0.4 is 20.9 Å². The third-order valence-electron chi connectivity index (χ3n) is 5.13. The van der Waals surface area contributed by atoms with Crippen LogP contribution in [0.1, 0.15) is 47.2 Å². The highest BCUT2D eigenvalue weighted by atomic mass is 16.5. The predicted molar refractivity (Wildman–Crippen MR) is 120 cm³/mol. The van der Waals surface area contributed by atoms with Gasteiger partial charge in [-0.25, -0.2) is 0 Å². The van der Waals surface area contributed by atoms with E-state index in [0.29, 0.717) is 17.9 Å². The molecule has 1 fully saturated rings. The fourth-order valence-electron chi connectivity index (χ4n) is 3.32. The van der Waals surface area contributed by atoms with Gasteiger partial charge in [0, 0.05) is 30.7 Å². The summed E-state index contributed by atoms with van der Waals surface area (Å²) < 4.78 is 11.2. The third-order valence-corrected chi connectivity index (χ3v) is 5.13. The van der Waals surface area contributed by atoms with E-state index in [-0.39, 0.29) is 24.9 Å². The molecule has 0 aromatic heterocycles. The number of carbonyl (C=O) groups excluding carboxylic acids is 3. The summed E-state index contributed by atoms with van der Waals surface area (Å²) in [7, 11) is 0. The molecule has 170 valence electrons. The molecule has 1 unspecified atom stereocenters. The number of hydrogen-bond acceptors (Lipinski definition) is 5. The first kappa shape index (κ1) is 23.3. The molecule has 1 aliphatic rings. The molecule has 2 aromatic carbocycles. The second-order valence-electron chi connectivity index (χ2n) is 7.84. The molecule has 8 nitrogen and oxygen atoms in total. The van der Waals surface area contributed by atoms with Gasteiger partial charge in [0.2, 0.25) is 11.8 Å². The Morgan fingerprint density at radius 1 is 1.00 bits per heavy atom. The lowest BCUT2D eigenvalue weighted by molar-refractivity contribution is -0.124. The molecule has 0 bridgehead atoms. The lowest BCUT2D eigenvalue weighted by atomic mass is 10.1. The highest BCUT2D eigenvalue weighted by molar-refractivity contribution is 5.96. The summed E-state index contributed by atoms with van der Waals surface area (Å²) in [4.78, 5) is 36.3. The number of rotatable bonds is 8. The number of carbonyl (C=O) groups is 3. The summed E-state index contributed by atoms with van der Waals surface area (Å²) in [6.45, 7) is 5.15. The molecule has 3 amide bonds. The van der Waals surface area contributed by atoms with Crippen molar-refractivity contribution in [2.45, 2.75) is 45.6 Å². The zero-order chi connectivity index (χ0) is 22.9. The molecule has 0 radical (unpaired) electrons. The maximum absolute atomic E-state index is 12.2. The zero-order valence-corrected chi connectivity index (χ0v) is 18.4. The van der Waals surface area contributed by atoms with Crippen molar-refractivity contribution in [1.82, 2.24) is 10.9 Å². The van der Waals surface area contributed by atoms with E-state index in [2.05, 4.69) is 16.2 Å². The summed E-state index contributed by atoms with van der Waals surface area (Å²) in [6, 6.07) is 12.3. The first-order valence-electron chi connectivity index (χ1n) is 10.7. The Morgan fingerprint density at radius 2 is 1.75 bits per heavy atom. The molecule has 0 aliphatic carbocycles. The topological polar surface area (TPSA) is 106 Å². The molecule has 1 heterocycles. The van der Waals surface area contributed by atoms with E-state index in [1.807, 2.05) is 32.0 Å². The van der Waals surface area contributed by atoms with Crippen molar-refractivity contribution >= 4 is 23.4 Å². The van der Waals surface area contributed by atoms with E-state index in [4.69, 9.17) is 9.47 Å². The number of amides is 3. The van der Waals surface area contributed by atoms with Crippen LogP contribution in [-0.4, -0.2) is 37.0 Å². The van der Waals surface area contributed by atoms with E-state index in [1.165, 1.54) is 0 Å². The first-order chi connectivity index (χ1) is 15.4. The molecular formula is C24H29N3O5. The van der Waals surface area contributed by atoms with Crippen LogP contribution in [0.4, 0.5) is 5.69 Å². The number of anilines is 1. The highest BCUT2D eigenvalue weighted by Crippen LogP contribution is 2.17. The van der Waals surface area contributed by atoms with Crippen LogP contribution in [-0.2, 0) is 14.3 Å². The molecule has 0 spiro atoms. The summed E-state index contributed by atoms with van der Waals surface area (Å²) in [5.74, 6) is -0.526. The lowest BCUT2D eigenvalue weighted by Gasteiger charge is -2.12. The van der Waals surface area contributed by atoms with Crippen molar-refractivity contribution in [2.75, 3.05) is 18.5 Å². The van der Waals surface area contributed by atoms with Gasteiger partial charge < -0.3 is 14.8 Å². The van der Waals surface area contributed by atoms with Crippen LogP contribution >= 0.6 is 0 Å². The average Bonchev–Trinajstić information content (AvgIpc) is 3.30. The molecule has 1 saturated heterocycles. The number of aryl methyl sites for hydroxylation is 2. The van der Waals surface area contributed by atoms with Crippen LogP contribution in [0.2, 0.25) is 0 Å². The number of hydrogen-bond donors (Lipinski definition) is 3. The van der Waals surface area contributed by atoms with E-state index in [9.17, 15) is 14.4 Å². The fraction of sp³-hybridized carbons (Fsp3) is 0.375. The third kappa shape index (κ3) is 7.09. The highest BCUT2D eigenvalue weighted by Gasteiger charge is 2.16. The minimum atomic E-state index is -0.455. The molecule has 32 heavy (non-hydrogen) atoms. The Hall–Kier alpha value is -3.39. The Balaban J connectivity index is 1.36. The van der Waals surface area contributed by atoms with Gasteiger partial charge in [-0.3, -0.25) is 25.2 Å². The number of nitrogens with one attached hydrogen (secondary N) is 3. The van der Waals surface area contributed by atoms with Gasteiger partial charge in [0.1, 0.15) is 12.4 Å². The molecular weight excluding hydrogens is 410 g/mol. The first-order valence-corrected chi connectivity index (χ1v) is 10.7. The number of hydrazine groups is 1. The molecule has 1 atom stereocenters. The SMILES string of the molecule is Cc1ccc(NC(=O)CCC(=O)NNC(=O)c2ccc(OCC3CCCO3)cc2)c(C)c1. The smallest absolute Gasteiger partial charge is 0.269 e. The van der Waals surface area contributed by atoms with Crippen molar-refractivity contribution < 1.29 is 23.9 Å². The van der Waals surface area contributed by atoms with E-state index in [0.717, 1.165) is 36.3 Å². The molecule has 3 rings (SSSR count). The Morgan fingerprint density at radius 3 is 2.44 bits per heavy atom. The summed E-state index contributed by atoms with van der Waals surface area (Å²) in [5.41, 5.74) is 7.84. The normalized spacial score (nSPS) is 15.1. The Kier molecular flexibility index (Phi) is 8.21. The van der Waals surface area contributed by atoms with Crippen molar-refractivity contribution in [3.05, 3.63) is 59.2 Å². The van der Waals surface area contributed by atoms with Crippen LogP contribution in [0.5, 0.6) is 5.75 Å². The summed E-state index contributed by atoms with van der Waals surface area (Å²) >= 11 is 0. The van der Waals surface area contributed by atoms with Gasteiger partial charge in [-0.15, -0.1) is 0 Å². The monoisotopic (exact) mass is 439 g/mol. The van der Waals surface area contributed by atoms with Gasteiger partial charge in [0.15, 0.2) is 0 Å². The lowest BCUT2D eigenvalue weighted by Crippen LogP contribution is -2.41. The van der Waals surface area contributed by atoms with Crippen molar-refractivity contribution in [1.29, 1.82) is 0 Å². The summed E-state index contributed by atoms with van der Waals surface area (Å²) in [6.07, 6.45) is 2.12. The number of benzene rings is 2. The van der Waals surface area contributed by atoms with Gasteiger partial charge >= 0.3 is 0 Å². The van der Waals surface area contributed by atoms with Gasteiger partial charge in [-0.05, 0) is 62.6 Å². The summed E-state index contributed by atoms with van der Waals surface area (Å²) in [5, 5.41) is 2.79. The fourth-order valence-corrected chi connectivity index (χ4v) is 3.32. The molecule has 8 heteroatoms. The minimum Gasteiger partial charge on any atom is -0.491 e. The molecule has 2 aromatic rings. The Labute approximate surface area is 187 Å². The quantitative estimate of drug-likeness (QED) is 0.548. The van der Waals surface area contributed by atoms with Gasteiger partial charge in [0.05, 0.1) is 6.10 Å². The van der Waals surface area contributed by atoms with Crippen molar-refractivity contribution in [3.8, 4) is 5.75 Å². The average molecular weight is 440 g/mol. The Bertz CT molecular complexity index is 953. The second kappa shape index (κ2) is 11.3.